The van der Waals surface area contributed by atoms with Crippen molar-refractivity contribution in [3.8, 4) is 0 Å². The van der Waals surface area contributed by atoms with E-state index >= 15 is 0 Å². The van der Waals surface area contributed by atoms with Crippen LogP contribution in [0.5, 0.6) is 0 Å². The molecular weight excluding hydrogens is 438 g/mol. The quantitative estimate of drug-likeness (QED) is 0.596. The average Bonchev–Trinajstić information content (AvgIpc) is 2.88. The Bertz CT molecular complexity index is 1050. The molecule has 0 radical (unpaired) electrons. The number of carbonyl (C=O) groups is 3. The number of amides is 2. The van der Waals surface area contributed by atoms with Crippen LogP contribution in [0.25, 0.3) is 0 Å². The first-order valence-corrected chi connectivity index (χ1v) is 11.3. The highest BCUT2D eigenvalue weighted by molar-refractivity contribution is 5.95. The van der Waals surface area contributed by atoms with Gasteiger partial charge in [-0.05, 0) is 31.4 Å². The van der Waals surface area contributed by atoms with Gasteiger partial charge < -0.3 is 25.0 Å². The van der Waals surface area contributed by atoms with Gasteiger partial charge in [0.05, 0.1) is 29.8 Å². The van der Waals surface area contributed by atoms with Crippen LogP contribution in [-0.4, -0.2) is 54.2 Å². The molecule has 2 N–H and O–H groups in total. The monoisotopic (exact) mass is 465 g/mol. The number of urea groups is 1. The van der Waals surface area contributed by atoms with Crippen LogP contribution in [0.15, 0.2) is 60.1 Å². The summed E-state index contributed by atoms with van der Waals surface area (Å²) in [6.45, 7) is 2.92. The maximum atomic E-state index is 12.8. The predicted molar refractivity (Wildman–Crippen MR) is 122 cm³/mol. The molecule has 1 aromatic carbocycles. The van der Waals surface area contributed by atoms with E-state index in [9.17, 15) is 14.4 Å². The first-order valence-electron chi connectivity index (χ1n) is 11.3. The molecule has 0 bridgehead atoms. The van der Waals surface area contributed by atoms with E-state index in [2.05, 4.69) is 20.6 Å². The molecule has 2 aliphatic heterocycles. The fourth-order valence-electron chi connectivity index (χ4n) is 4.11. The van der Waals surface area contributed by atoms with Gasteiger partial charge in [-0.25, -0.2) is 19.6 Å². The Balaban J connectivity index is 1.45. The summed E-state index contributed by atoms with van der Waals surface area (Å²) in [5, 5.41) is 5.38. The molecule has 34 heavy (non-hydrogen) atoms. The fourth-order valence-corrected chi connectivity index (χ4v) is 4.11. The molecule has 2 aromatic rings. The maximum absolute atomic E-state index is 12.8. The van der Waals surface area contributed by atoms with Crippen molar-refractivity contribution in [3.63, 3.8) is 0 Å². The minimum atomic E-state index is -0.711. The Hall–Kier alpha value is -3.95. The van der Waals surface area contributed by atoms with E-state index in [1.807, 2.05) is 35.2 Å². The number of aromatic nitrogens is 2. The van der Waals surface area contributed by atoms with Crippen LogP contribution < -0.4 is 15.5 Å². The molecule has 10 nitrogen and oxygen atoms in total. The summed E-state index contributed by atoms with van der Waals surface area (Å²) in [5.41, 5.74) is 1.16. The van der Waals surface area contributed by atoms with E-state index in [0.717, 1.165) is 5.56 Å². The van der Waals surface area contributed by atoms with Crippen molar-refractivity contribution in [2.24, 2.45) is 5.92 Å². The molecule has 2 aliphatic rings. The second-order valence-corrected chi connectivity index (χ2v) is 7.97. The number of rotatable bonds is 7. The number of carbonyl (C=O) groups excluding carboxylic acids is 3. The van der Waals surface area contributed by atoms with Crippen molar-refractivity contribution in [3.05, 3.63) is 65.6 Å². The molecule has 1 saturated heterocycles. The third-order valence-electron chi connectivity index (χ3n) is 5.80. The number of anilines is 1. The molecule has 4 rings (SSSR count). The normalized spacial score (nSPS) is 18.7. The molecule has 1 atom stereocenters. The van der Waals surface area contributed by atoms with Gasteiger partial charge in [-0.2, -0.15) is 0 Å². The number of ether oxygens (including phenoxy) is 2. The van der Waals surface area contributed by atoms with Gasteiger partial charge in [0.1, 0.15) is 6.61 Å². The smallest absolute Gasteiger partial charge is 0.338 e. The van der Waals surface area contributed by atoms with E-state index < -0.39 is 18.0 Å². The number of benzene rings is 1. The van der Waals surface area contributed by atoms with Crippen molar-refractivity contribution in [1.29, 1.82) is 0 Å². The largest absolute Gasteiger partial charge is 0.463 e. The second-order valence-electron chi connectivity index (χ2n) is 7.97. The fraction of sp³-hybridized carbons (Fsp3) is 0.375. The lowest BCUT2D eigenvalue weighted by atomic mass is 9.95. The van der Waals surface area contributed by atoms with Crippen LogP contribution in [0.1, 0.15) is 31.4 Å². The zero-order valence-electron chi connectivity index (χ0n) is 18.9. The standard InChI is InChI=1S/C24H27N5O5/c1-2-33-22(31)19-18(27-24(32)28-20(19)16-7-4-3-5-8-16)15-34-21(30)17-9-13-29(14-10-17)23-25-11-6-12-26-23/h3-8,11-12,17,20H,2,9-10,13-15H2,1H3,(H2,27,28,32). The van der Waals surface area contributed by atoms with E-state index in [1.165, 1.54) is 0 Å². The first-order chi connectivity index (χ1) is 16.6. The van der Waals surface area contributed by atoms with Crippen molar-refractivity contribution < 1.29 is 23.9 Å². The highest BCUT2D eigenvalue weighted by atomic mass is 16.5. The van der Waals surface area contributed by atoms with Crippen molar-refractivity contribution in [2.45, 2.75) is 25.8 Å². The van der Waals surface area contributed by atoms with Gasteiger partial charge in [-0.1, -0.05) is 30.3 Å². The molecular formula is C24H27N5O5. The van der Waals surface area contributed by atoms with Crippen molar-refractivity contribution >= 4 is 23.9 Å². The number of piperidine rings is 1. The summed E-state index contributed by atoms with van der Waals surface area (Å²) in [4.78, 5) is 48.4. The van der Waals surface area contributed by atoms with Crippen LogP contribution >= 0.6 is 0 Å². The zero-order valence-corrected chi connectivity index (χ0v) is 18.9. The molecule has 1 unspecified atom stereocenters. The third-order valence-corrected chi connectivity index (χ3v) is 5.80. The Morgan fingerprint density at radius 1 is 1.06 bits per heavy atom. The highest BCUT2D eigenvalue weighted by Crippen LogP contribution is 2.28. The molecule has 2 amide bonds. The minimum Gasteiger partial charge on any atom is -0.463 e. The number of nitrogens with zero attached hydrogens (tertiary/aromatic N) is 3. The lowest BCUT2D eigenvalue weighted by molar-refractivity contribution is -0.148. The van der Waals surface area contributed by atoms with Crippen LogP contribution in [0.4, 0.5) is 10.7 Å². The van der Waals surface area contributed by atoms with Gasteiger partial charge in [0.2, 0.25) is 5.95 Å². The molecule has 3 heterocycles. The molecule has 10 heteroatoms. The van der Waals surface area contributed by atoms with Gasteiger partial charge in [0.25, 0.3) is 0 Å². The number of nitrogens with one attached hydrogen (secondary N) is 2. The topological polar surface area (TPSA) is 123 Å². The minimum absolute atomic E-state index is 0.175. The van der Waals surface area contributed by atoms with Gasteiger partial charge in [0, 0.05) is 25.5 Å². The van der Waals surface area contributed by atoms with Gasteiger partial charge in [-0.3, -0.25) is 4.79 Å². The number of hydrogen-bond donors (Lipinski definition) is 2. The van der Waals surface area contributed by atoms with Crippen LogP contribution in [0.2, 0.25) is 0 Å². The molecule has 0 saturated carbocycles. The Morgan fingerprint density at radius 2 is 1.76 bits per heavy atom. The zero-order chi connectivity index (χ0) is 23.9. The third kappa shape index (κ3) is 5.33. The Labute approximate surface area is 197 Å². The Kier molecular flexibility index (Phi) is 7.36. The van der Waals surface area contributed by atoms with Crippen LogP contribution in [0.3, 0.4) is 0 Å². The molecule has 1 aromatic heterocycles. The van der Waals surface area contributed by atoms with E-state index in [1.54, 1.807) is 25.4 Å². The maximum Gasteiger partial charge on any atom is 0.338 e. The summed E-state index contributed by atoms with van der Waals surface area (Å²) in [6, 6.07) is 9.66. The second kappa shape index (κ2) is 10.8. The molecule has 0 spiro atoms. The number of esters is 2. The van der Waals surface area contributed by atoms with E-state index in [4.69, 9.17) is 9.47 Å². The van der Waals surface area contributed by atoms with Gasteiger partial charge in [0.15, 0.2) is 0 Å². The summed E-state index contributed by atoms with van der Waals surface area (Å²) in [6.07, 6.45) is 4.57. The number of hydrogen-bond acceptors (Lipinski definition) is 8. The summed E-state index contributed by atoms with van der Waals surface area (Å²) < 4.78 is 10.8. The molecule has 1 fully saturated rings. The van der Waals surface area contributed by atoms with Crippen molar-refractivity contribution in [1.82, 2.24) is 20.6 Å². The Morgan fingerprint density at radius 3 is 2.44 bits per heavy atom. The van der Waals surface area contributed by atoms with Crippen LogP contribution in [-0.2, 0) is 19.1 Å². The van der Waals surface area contributed by atoms with E-state index in [0.29, 0.717) is 31.9 Å². The molecule has 0 aliphatic carbocycles. The summed E-state index contributed by atoms with van der Waals surface area (Å²) in [7, 11) is 0. The average molecular weight is 466 g/mol. The highest BCUT2D eigenvalue weighted by Gasteiger charge is 2.35. The summed E-state index contributed by atoms with van der Waals surface area (Å²) in [5.74, 6) is -0.587. The van der Waals surface area contributed by atoms with Gasteiger partial charge >= 0.3 is 18.0 Å². The van der Waals surface area contributed by atoms with Crippen LogP contribution in [0, 0.1) is 5.92 Å². The SMILES string of the molecule is CCOC(=O)C1=C(COC(=O)C2CCN(c3ncccn3)CC2)NC(=O)NC1c1ccccc1. The van der Waals surface area contributed by atoms with Gasteiger partial charge in [-0.15, -0.1) is 0 Å². The first kappa shape index (κ1) is 23.2. The predicted octanol–water partition coefficient (Wildman–Crippen LogP) is 2.11. The van der Waals surface area contributed by atoms with E-state index in [-0.39, 0.29) is 36.4 Å². The lowest BCUT2D eigenvalue weighted by Crippen LogP contribution is -2.47. The lowest BCUT2D eigenvalue weighted by Gasteiger charge is -2.31. The van der Waals surface area contributed by atoms with Crippen molar-refractivity contribution in [2.75, 3.05) is 31.2 Å². The summed E-state index contributed by atoms with van der Waals surface area (Å²) >= 11 is 0. The molecule has 178 valence electrons.